The largest absolute Gasteiger partial charge is 0.359 e. The van der Waals surface area contributed by atoms with E-state index in [9.17, 15) is 0 Å². The highest BCUT2D eigenvalue weighted by Crippen LogP contribution is 2.25. The molecule has 3 aromatic rings. The lowest BCUT2D eigenvalue weighted by atomic mass is 10.0. The summed E-state index contributed by atoms with van der Waals surface area (Å²) in [6, 6.07) is 16.3. The second-order valence-corrected chi connectivity index (χ2v) is 4.47. The molecule has 90 valence electrons. The first-order valence-electron chi connectivity index (χ1n) is 5.95. The maximum Gasteiger partial charge on any atom is 0.153 e. The van der Waals surface area contributed by atoms with Crippen LogP contribution in [0.15, 0.2) is 53.1 Å². The van der Waals surface area contributed by atoms with Crippen molar-refractivity contribution in [2.24, 2.45) is 5.73 Å². The molecule has 1 aromatic heterocycles. The fourth-order valence-corrected chi connectivity index (χ4v) is 1.99. The first-order valence-corrected chi connectivity index (χ1v) is 5.95. The quantitative estimate of drug-likeness (QED) is 0.743. The lowest BCUT2D eigenvalue weighted by Gasteiger charge is -2.00. The zero-order valence-electron chi connectivity index (χ0n) is 10.1. The van der Waals surface area contributed by atoms with E-state index in [1.54, 1.807) is 0 Å². The molecule has 0 aliphatic rings. The zero-order chi connectivity index (χ0) is 12.5. The van der Waals surface area contributed by atoms with Crippen LogP contribution in [-0.2, 0) is 0 Å². The third kappa shape index (κ3) is 1.89. The average molecular weight is 238 g/mol. The topological polar surface area (TPSA) is 52.0 Å². The summed E-state index contributed by atoms with van der Waals surface area (Å²) in [6.07, 6.45) is 0. The molecule has 0 radical (unpaired) electrons. The summed E-state index contributed by atoms with van der Waals surface area (Å²) < 4.78 is 5.22. The molecule has 2 N–H and O–H groups in total. The lowest BCUT2D eigenvalue weighted by Crippen LogP contribution is -2.02. The summed E-state index contributed by atoms with van der Waals surface area (Å²) in [5, 5.41) is 6.47. The van der Waals surface area contributed by atoms with Gasteiger partial charge in [0, 0.05) is 11.6 Å². The molecular weight excluding hydrogens is 224 g/mol. The van der Waals surface area contributed by atoms with E-state index in [0.29, 0.717) is 5.76 Å². The molecule has 3 nitrogen and oxygen atoms in total. The summed E-state index contributed by atoms with van der Waals surface area (Å²) in [5.74, 6) is 0.707. The Bertz CT molecular complexity index is 686. The summed E-state index contributed by atoms with van der Waals surface area (Å²) in [5.41, 5.74) is 7.63. The number of nitrogens with two attached hydrogens (primary N) is 1. The Morgan fingerprint density at radius 1 is 1.06 bits per heavy atom. The van der Waals surface area contributed by atoms with Crippen molar-refractivity contribution in [1.82, 2.24) is 5.16 Å². The molecule has 0 saturated heterocycles. The molecule has 2 aromatic carbocycles. The molecule has 18 heavy (non-hydrogen) atoms. The summed E-state index contributed by atoms with van der Waals surface area (Å²) in [4.78, 5) is 0. The average Bonchev–Trinajstić information content (AvgIpc) is 2.88. The molecule has 0 bridgehead atoms. The zero-order valence-corrected chi connectivity index (χ0v) is 10.1. The van der Waals surface area contributed by atoms with Crippen molar-refractivity contribution in [3.05, 3.63) is 54.3 Å². The minimum absolute atomic E-state index is 0.133. The van der Waals surface area contributed by atoms with E-state index >= 15 is 0 Å². The molecule has 1 unspecified atom stereocenters. The Morgan fingerprint density at radius 2 is 1.83 bits per heavy atom. The third-order valence-electron chi connectivity index (χ3n) is 3.02. The number of benzene rings is 2. The monoisotopic (exact) mass is 238 g/mol. The van der Waals surface area contributed by atoms with Crippen molar-refractivity contribution in [3.8, 4) is 11.3 Å². The Morgan fingerprint density at radius 3 is 2.56 bits per heavy atom. The Hall–Kier alpha value is -2.13. The number of rotatable bonds is 2. The van der Waals surface area contributed by atoms with Gasteiger partial charge in [0.15, 0.2) is 5.76 Å². The van der Waals surface area contributed by atoms with Crippen LogP contribution in [0.4, 0.5) is 0 Å². The number of hydrogen-bond donors (Lipinski definition) is 1. The lowest BCUT2D eigenvalue weighted by molar-refractivity contribution is 0.369. The molecule has 0 aliphatic heterocycles. The summed E-state index contributed by atoms with van der Waals surface area (Å²) in [7, 11) is 0. The van der Waals surface area contributed by atoms with Gasteiger partial charge in [0.1, 0.15) is 5.69 Å². The van der Waals surface area contributed by atoms with Crippen molar-refractivity contribution in [2.45, 2.75) is 13.0 Å². The van der Waals surface area contributed by atoms with Gasteiger partial charge in [-0.3, -0.25) is 0 Å². The number of hydrogen-bond acceptors (Lipinski definition) is 3. The molecular formula is C15H14N2O. The molecule has 0 amide bonds. The third-order valence-corrected chi connectivity index (χ3v) is 3.02. The first kappa shape index (κ1) is 11.0. The molecule has 0 spiro atoms. The molecule has 0 saturated carbocycles. The van der Waals surface area contributed by atoms with Gasteiger partial charge >= 0.3 is 0 Å². The molecule has 1 atom stereocenters. The van der Waals surface area contributed by atoms with Crippen LogP contribution in [-0.4, -0.2) is 5.16 Å². The normalized spacial score (nSPS) is 12.8. The van der Waals surface area contributed by atoms with Gasteiger partial charge in [0.25, 0.3) is 0 Å². The van der Waals surface area contributed by atoms with Crippen molar-refractivity contribution < 1.29 is 4.52 Å². The minimum atomic E-state index is -0.133. The standard InChI is InChI=1S/C15H14N2O/c1-10(16)15-9-14(17-18-15)13-7-6-11-4-2-3-5-12(11)8-13/h2-10H,16H2,1H3. The predicted molar refractivity (Wildman–Crippen MR) is 72.0 cm³/mol. The van der Waals surface area contributed by atoms with Crippen LogP contribution < -0.4 is 5.73 Å². The van der Waals surface area contributed by atoms with Gasteiger partial charge in [-0.25, -0.2) is 0 Å². The highest BCUT2D eigenvalue weighted by Gasteiger charge is 2.09. The predicted octanol–water partition coefficient (Wildman–Crippen LogP) is 3.51. The molecule has 3 heteroatoms. The Labute approximate surface area is 105 Å². The summed E-state index contributed by atoms with van der Waals surface area (Å²) in [6.45, 7) is 1.88. The van der Waals surface area contributed by atoms with E-state index in [4.69, 9.17) is 10.3 Å². The van der Waals surface area contributed by atoms with Crippen LogP contribution in [0.3, 0.4) is 0 Å². The van der Waals surface area contributed by atoms with Crippen LogP contribution in [0, 0.1) is 0 Å². The van der Waals surface area contributed by atoms with Gasteiger partial charge in [-0.2, -0.15) is 0 Å². The van der Waals surface area contributed by atoms with Crippen LogP contribution in [0.2, 0.25) is 0 Å². The van der Waals surface area contributed by atoms with Gasteiger partial charge in [-0.05, 0) is 23.8 Å². The van der Waals surface area contributed by atoms with Crippen molar-refractivity contribution in [1.29, 1.82) is 0 Å². The fraction of sp³-hybridized carbons (Fsp3) is 0.133. The molecule has 1 heterocycles. The second-order valence-electron chi connectivity index (χ2n) is 4.47. The van der Waals surface area contributed by atoms with E-state index in [2.05, 4.69) is 29.4 Å². The van der Waals surface area contributed by atoms with E-state index in [-0.39, 0.29) is 6.04 Å². The minimum Gasteiger partial charge on any atom is -0.359 e. The van der Waals surface area contributed by atoms with Crippen molar-refractivity contribution >= 4 is 10.8 Å². The number of fused-ring (bicyclic) bond motifs is 1. The maximum absolute atomic E-state index is 5.76. The van der Waals surface area contributed by atoms with E-state index < -0.39 is 0 Å². The molecule has 0 aliphatic carbocycles. The van der Waals surface area contributed by atoms with Crippen molar-refractivity contribution in [2.75, 3.05) is 0 Å². The van der Waals surface area contributed by atoms with Gasteiger partial charge in [-0.15, -0.1) is 0 Å². The van der Waals surface area contributed by atoms with Gasteiger partial charge in [0.2, 0.25) is 0 Å². The fourth-order valence-electron chi connectivity index (χ4n) is 1.99. The molecule has 3 rings (SSSR count). The van der Waals surface area contributed by atoms with Gasteiger partial charge in [0.05, 0.1) is 6.04 Å². The Balaban J connectivity index is 2.07. The highest BCUT2D eigenvalue weighted by atomic mass is 16.5. The Kier molecular flexibility index (Phi) is 2.61. The van der Waals surface area contributed by atoms with Gasteiger partial charge in [-0.1, -0.05) is 41.6 Å². The smallest absolute Gasteiger partial charge is 0.153 e. The van der Waals surface area contributed by atoms with E-state index in [1.165, 1.54) is 10.8 Å². The van der Waals surface area contributed by atoms with E-state index in [0.717, 1.165) is 11.3 Å². The number of nitrogens with zero attached hydrogens (tertiary/aromatic N) is 1. The van der Waals surface area contributed by atoms with E-state index in [1.807, 2.05) is 31.2 Å². The van der Waals surface area contributed by atoms with Crippen LogP contribution in [0.1, 0.15) is 18.7 Å². The maximum atomic E-state index is 5.76. The van der Waals surface area contributed by atoms with Gasteiger partial charge < -0.3 is 10.3 Å². The SMILES string of the molecule is CC(N)c1cc(-c2ccc3ccccc3c2)no1. The first-order chi connectivity index (χ1) is 8.74. The van der Waals surface area contributed by atoms with Crippen LogP contribution in [0.5, 0.6) is 0 Å². The summed E-state index contributed by atoms with van der Waals surface area (Å²) >= 11 is 0. The van der Waals surface area contributed by atoms with Crippen molar-refractivity contribution in [3.63, 3.8) is 0 Å². The van der Waals surface area contributed by atoms with Crippen LogP contribution >= 0.6 is 0 Å². The number of aromatic nitrogens is 1. The highest BCUT2D eigenvalue weighted by molar-refractivity contribution is 5.86. The van der Waals surface area contributed by atoms with Crippen LogP contribution in [0.25, 0.3) is 22.0 Å². The molecule has 0 fully saturated rings. The second kappa shape index (κ2) is 4.27.